The van der Waals surface area contributed by atoms with Gasteiger partial charge < -0.3 is 9.47 Å². The van der Waals surface area contributed by atoms with E-state index in [-0.39, 0.29) is 5.97 Å². The van der Waals surface area contributed by atoms with Gasteiger partial charge in [-0.2, -0.15) is 0 Å². The second kappa shape index (κ2) is 7.34. The number of methoxy groups -OCH3 is 1. The molecule has 0 N–H and O–H groups in total. The largest absolute Gasteiger partial charge is 0.495 e. The maximum atomic E-state index is 11.4. The summed E-state index contributed by atoms with van der Waals surface area (Å²) in [6.07, 6.45) is 7.73. The van der Waals surface area contributed by atoms with Gasteiger partial charge in [0.25, 0.3) is 0 Å². The minimum Gasteiger partial charge on any atom is -0.495 e. The molecule has 20 heavy (non-hydrogen) atoms. The van der Waals surface area contributed by atoms with Gasteiger partial charge in [0, 0.05) is 6.42 Å². The van der Waals surface area contributed by atoms with Crippen LogP contribution in [0.3, 0.4) is 0 Å². The van der Waals surface area contributed by atoms with E-state index in [9.17, 15) is 4.79 Å². The minimum atomic E-state index is -0.116. The summed E-state index contributed by atoms with van der Waals surface area (Å²) in [6.45, 7) is 0.299. The Kier molecular flexibility index (Phi) is 5.48. The Labute approximate surface area is 124 Å². The first-order valence-electron chi connectivity index (χ1n) is 6.84. The number of hydrogen-bond acceptors (Lipinski definition) is 3. The van der Waals surface area contributed by atoms with Crippen LogP contribution in [0.4, 0.5) is 0 Å². The number of rotatable bonds is 7. The van der Waals surface area contributed by atoms with E-state index < -0.39 is 0 Å². The maximum Gasteiger partial charge on any atom is 0.306 e. The molecule has 108 valence electrons. The lowest BCUT2D eigenvalue weighted by atomic mass is 10.2. The summed E-state index contributed by atoms with van der Waals surface area (Å²) in [5.41, 5.74) is 0.949. The summed E-state index contributed by atoms with van der Waals surface area (Å²) in [7, 11) is 1.58. The van der Waals surface area contributed by atoms with Gasteiger partial charge in [0.1, 0.15) is 12.4 Å². The zero-order valence-corrected chi connectivity index (χ0v) is 12.4. The quantitative estimate of drug-likeness (QED) is 0.710. The summed E-state index contributed by atoms with van der Waals surface area (Å²) in [5, 5.41) is 0.566. The number of ether oxygens (including phenoxy) is 2. The zero-order valence-electron chi connectivity index (χ0n) is 11.6. The van der Waals surface area contributed by atoms with Crippen molar-refractivity contribution in [2.45, 2.75) is 25.7 Å². The molecule has 1 aliphatic rings. The lowest BCUT2D eigenvalue weighted by molar-refractivity contribution is -0.142. The normalized spacial score (nSPS) is 14.5. The average molecular weight is 295 g/mol. The van der Waals surface area contributed by atoms with Crippen molar-refractivity contribution in [3.8, 4) is 5.75 Å². The van der Waals surface area contributed by atoms with Crippen molar-refractivity contribution >= 4 is 23.6 Å². The number of esters is 1. The molecule has 0 amide bonds. The topological polar surface area (TPSA) is 35.5 Å². The summed E-state index contributed by atoms with van der Waals surface area (Å²) in [4.78, 5) is 11.4. The molecule has 0 saturated heterocycles. The molecule has 0 aromatic heterocycles. The lowest BCUT2D eigenvalue weighted by Gasteiger charge is -2.03. The van der Waals surface area contributed by atoms with E-state index in [4.69, 9.17) is 21.1 Å². The van der Waals surface area contributed by atoms with E-state index in [0.29, 0.717) is 23.8 Å². The first-order valence-corrected chi connectivity index (χ1v) is 7.22. The third-order valence-electron chi connectivity index (χ3n) is 3.28. The van der Waals surface area contributed by atoms with Crippen molar-refractivity contribution in [1.29, 1.82) is 0 Å². The predicted molar refractivity (Wildman–Crippen MR) is 80.0 cm³/mol. The van der Waals surface area contributed by atoms with E-state index in [1.165, 1.54) is 12.8 Å². The van der Waals surface area contributed by atoms with Crippen LogP contribution in [0.1, 0.15) is 31.2 Å². The molecule has 1 fully saturated rings. The van der Waals surface area contributed by atoms with Crippen LogP contribution in [-0.4, -0.2) is 19.7 Å². The maximum absolute atomic E-state index is 11.4. The third-order valence-corrected chi connectivity index (χ3v) is 3.58. The van der Waals surface area contributed by atoms with Crippen LogP contribution in [0, 0.1) is 5.92 Å². The molecule has 0 aliphatic heterocycles. The highest BCUT2D eigenvalue weighted by Crippen LogP contribution is 2.33. The molecular weight excluding hydrogens is 276 g/mol. The third kappa shape index (κ3) is 4.89. The van der Waals surface area contributed by atoms with Gasteiger partial charge in [-0.1, -0.05) is 36.6 Å². The molecule has 2 rings (SSSR count). The van der Waals surface area contributed by atoms with Gasteiger partial charge in [0.2, 0.25) is 0 Å². The van der Waals surface area contributed by atoms with Gasteiger partial charge in [-0.25, -0.2) is 0 Å². The van der Waals surface area contributed by atoms with Gasteiger partial charge >= 0.3 is 5.97 Å². The molecule has 0 unspecified atom stereocenters. The molecule has 0 spiro atoms. The summed E-state index contributed by atoms with van der Waals surface area (Å²) < 4.78 is 10.2. The second-order valence-electron chi connectivity index (χ2n) is 4.96. The van der Waals surface area contributed by atoms with Gasteiger partial charge in [0.15, 0.2) is 0 Å². The van der Waals surface area contributed by atoms with Crippen LogP contribution in [0.5, 0.6) is 5.75 Å². The highest BCUT2D eigenvalue weighted by Gasteiger charge is 2.21. The molecule has 1 aromatic carbocycles. The Morgan fingerprint density at radius 3 is 2.90 bits per heavy atom. The van der Waals surface area contributed by atoms with E-state index >= 15 is 0 Å². The standard InChI is InChI=1S/C16H19ClO3/c1-19-15-8-6-13(11-14(15)17)3-2-10-20-16(18)9-7-12-4-5-12/h2-3,6,8,11-12H,4-5,7,9-10H2,1H3. The van der Waals surface area contributed by atoms with Crippen molar-refractivity contribution in [3.05, 3.63) is 34.9 Å². The van der Waals surface area contributed by atoms with Crippen molar-refractivity contribution in [2.75, 3.05) is 13.7 Å². The monoisotopic (exact) mass is 294 g/mol. The number of benzene rings is 1. The molecule has 0 heterocycles. The molecule has 3 nitrogen and oxygen atoms in total. The molecule has 1 aliphatic carbocycles. The Morgan fingerprint density at radius 1 is 1.45 bits per heavy atom. The van der Waals surface area contributed by atoms with Gasteiger partial charge in [-0.3, -0.25) is 4.79 Å². The Bertz CT molecular complexity index is 492. The van der Waals surface area contributed by atoms with Crippen molar-refractivity contribution in [2.24, 2.45) is 5.92 Å². The van der Waals surface area contributed by atoms with Gasteiger partial charge in [0.05, 0.1) is 12.1 Å². The van der Waals surface area contributed by atoms with E-state index in [0.717, 1.165) is 17.9 Å². The Balaban J connectivity index is 1.72. The zero-order chi connectivity index (χ0) is 14.4. The van der Waals surface area contributed by atoms with Crippen LogP contribution in [0.15, 0.2) is 24.3 Å². The molecule has 4 heteroatoms. The fourth-order valence-corrected chi connectivity index (χ4v) is 2.18. The van der Waals surface area contributed by atoms with Crippen LogP contribution in [0.25, 0.3) is 6.08 Å². The first-order chi connectivity index (χ1) is 9.69. The van der Waals surface area contributed by atoms with E-state index in [1.54, 1.807) is 7.11 Å². The summed E-state index contributed by atoms with van der Waals surface area (Å²) in [5.74, 6) is 1.30. The van der Waals surface area contributed by atoms with Crippen LogP contribution in [-0.2, 0) is 9.53 Å². The highest BCUT2D eigenvalue weighted by molar-refractivity contribution is 6.32. The molecule has 1 aromatic rings. The Hall–Kier alpha value is -1.48. The van der Waals surface area contributed by atoms with Crippen molar-refractivity contribution < 1.29 is 14.3 Å². The van der Waals surface area contributed by atoms with Crippen molar-refractivity contribution in [3.63, 3.8) is 0 Å². The number of carbonyl (C=O) groups is 1. The Morgan fingerprint density at radius 2 is 2.25 bits per heavy atom. The average Bonchev–Trinajstić information content (AvgIpc) is 3.26. The SMILES string of the molecule is COc1ccc(C=CCOC(=O)CCC2CC2)cc1Cl. The predicted octanol–water partition coefficient (Wildman–Crippen LogP) is 4.10. The summed E-state index contributed by atoms with van der Waals surface area (Å²) in [6, 6.07) is 5.52. The van der Waals surface area contributed by atoms with E-state index in [1.807, 2.05) is 30.4 Å². The molecule has 0 radical (unpaired) electrons. The number of carbonyl (C=O) groups excluding carboxylic acids is 1. The van der Waals surface area contributed by atoms with Crippen LogP contribution in [0.2, 0.25) is 5.02 Å². The first kappa shape index (κ1) is 14.9. The molecule has 0 atom stereocenters. The van der Waals surface area contributed by atoms with E-state index in [2.05, 4.69) is 0 Å². The smallest absolute Gasteiger partial charge is 0.306 e. The number of hydrogen-bond donors (Lipinski definition) is 0. The molecular formula is C16H19ClO3. The van der Waals surface area contributed by atoms with Gasteiger partial charge in [-0.05, 0) is 36.1 Å². The van der Waals surface area contributed by atoms with Crippen molar-refractivity contribution in [1.82, 2.24) is 0 Å². The fraction of sp³-hybridized carbons (Fsp3) is 0.438. The van der Waals surface area contributed by atoms with Gasteiger partial charge in [-0.15, -0.1) is 0 Å². The number of halogens is 1. The summed E-state index contributed by atoms with van der Waals surface area (Å²) >= 11 is 6.03. The lowest BCUT2D eigenvalue weighted by Crippen LogP contribution is -2.04. The van der Waals surface area contributed by atoms with Crippen LogP contribution < -0.4 is 4.74 Å². The second-order valence-corrected chi connectivity index (χ2v) is 5.37. The van der Waals surface area contributed by atoms with Crippen LogP contribution >= 0.6 is 11.6 Å². The fourth-order valence-electron chi connectivity index (χ4n) is 1.91. The molecule has 1 saturated carbocycles. The highest BCUT2D eigenvalue weighted by atomic mass is 35.5. The molecule has 0 bridgehead atoms. The minimum absolute atomic E-state index is 0.116.